The predicted octanol–water partition coefficient (Wildman–Crippen LogP) is 3.68. The SMILES string of the molecule is O=C(Nc1cccc(C(F)(F)F)c1)OC1COC2C1OCC2n1nnnc1SC1CCCC1. The monoisotopic (exact) mass is 485 g/mol. The lowest BCUT2D eigenvalue weighted by Crippen LogP contribution is -2.35. The standard InChI is InChI=1S/C20H22F3N5O4S/c21-20(22,23)11-4-3-5-12(8-11)24-19(29)32-15-10-31-16-14(9-30-17(15)16)28-18(25-26-27-28)33-13-6-1-2-7-13/h3-5,8,13-17H,1-2,6-7,9-10H2,(H,24,29). The first-order valence-corrected chi connectivity index (χ1v) is 11.6. The highest BCUT2D eigenvalue weighted by Gasteiger charge is 2.51. The molecule has 0 spiro atoms. The highest BCUT2D eigenvalue weighted by atomic mass is 32.2. The van der Waals surface area contributed by atoms with E-state index in [1.165, 1.54) is 25.0 Å². The normalized spacial score (nSPS) is 27.6. The molecular weight excluding hydrogens is 463 g/mol. The fraction of sp³-hybridized carbons (Fsp3) is 0.600. The number of rotatable bonds is 5. The summed E-state index contributed by atoms with van der Waals surface area (Å²) in [5, 5.41) is 15.6. The van der Waals surface area contributed by atoms with Crippen molar-refractivity contribution in [3.63, 3.8) is 0 Å². The molecule has 2 aliphatic heterocycles. The third kappa shape index (κ3) is 4.80. The number of hydrogen-bond acceptors (Lipinski definition) is 8. The highest BCUT2D eigenvalue weighted by molar-refractivity contribution is 7.99. The van der Waals surface area contributed by atoms with Gasteiger partial charge < -0.3 is 14.2 Å². The minimum absolute atomic E-state index is 0.0159. The van der Waals surface area contributed by atoms with E-state index in [4.69, 9.17) is 14.2 Å². The van der Waals surface area contributed by atoms with Gasteiger partial charge in [0.2, 0.25) is 5.16 Å². The third-order valence-electron chi connectivity index (χ3n) is 6.03. The molecule has 0 bridgehead atoms. The summed E-state index contributed by atoms with van der Waals surface area (Å²) in [5.74, 6) is 0. The zero-order valence-corrected chi connectivity index (χ0v) is 18.2. The summed E-state index contributed by atoms with van der Waals surface area (Å²) in [5.41, 5.74) is -0.878. The van der Waals surface area contributed by atoms with Gasteiger partial charge in [-0.1, -0.05) is 30.7 Å². The molecule has 1 aromatic heterocycles. The van der Waals surface area contributed by atoms with E-state index in [0.717, 1.165) is 25.0 Å². The molecule has 3 fully saturated rings. The van der Waals surface area contributed by atoms with Crippen molar-refractivity contribution in [1.29, 1.82) is 0 Å². The van der Waals surface area contributed by atoms with Crippen molar-refractivity contribution in [3.05, 3.63) is 29.8 Å². The van der Waals surface area contributed by atoms with Gasteiger partial charge in [-0.15, -0.1) is 5.10 Å². The maximum Gasteiger partial charge on any atom is 0.416 e. The first kappa shape index (κ1) is 22.4. The van der Waals surface area contributed by atoms with Crippen molar-refractivity contribution in [3.8, 4) is 0 Å². The Morgan fingerprint density at radius 1 is 1.18 bits per heavy atom. The zero-order chi connectivity index (χ0) is 23.0. The number of carbonyl (C=O) groups excluding carboxylic acids is 1. The van der Waals surface area contributed by atoms with E-state index in [1.807, 2.05) is 0 Å². The highest BCUT2D eigenvalue weighted by Crippen LogP contribution is 2.39. The topological polar surface area (TPSA) is 100 Å². The van der Waals surface area contributed by atoms with Crippen LogP contribution in [0, 0.1) is 0 Å². The maximum absolute atomic E-state index is 12.9. The molecule has 5 rings (SSSR count). The number of aromatic nitrogens is 4. The molecule has 1 saturated carbocycles. The summed E-state index contributed by atoms with van der Waals surface area (Å²) < 4.78 is 57.5. The van der Waals surface area contributed by atoms with Gasteiger partial charge in [-0.05, 0) is 41.5 Å². The second-order valence-electron chi connectivity index (χ2n) is 8.24. The third-order valence-corrected chi connectivity index (χ3v) is 7.31. The summed E-state index contributed by atoms with van der Waals surface area (Å²) >= 11 is 1.66. The Labute approximate surface area is 191 Å². The van der Waals surface area contributed by atoms with E-state index in [-0.39, 0.29) is 18.3 Å². The average Bonchev–Trinajstić information content (AvgIpc) is 3.55. The Morgan fingerprint density at radius 2 is 1.97 bits per heavy atom. The second kappa shape index (κ2) is 9.11. The number of benzene rings is 1. The summed E-state index contributed by atoms with van der Waals surface area (Å²) in [4.78, 5) is 12.3. The minimum Gasteiger partial charge on any atom is -0.441 e. The average molecular weight is 485 g/mol. The molecule has 3 aliphatic rings. The lowest BCUT2D eigenvalue weighted by molar-refractivity contribution is -0.137. The van der Waals surface area contributed by atoms with Crippen LogP contribution in [-0.4, -0.2) is 63.1 Å². The number of tetrazole rings is 1. The van der Waals surface area contributed by atoms with Gasteiger partial charge in [0.15, 0.2) is 6.10 Å². The van der Waals surface area contributed by atoms with E-state index < -0.39 is 36.1 Å². The molecule has 178 valence electrons. The molecule has 2 aromatic rings. The number of anilines is 1. The van der Waals surface area contributed by atoms with Gasteiger partial charge in [0, 0.05) is 10.9 Å². The molecule has 1 amide bonds. The summed E-state index contributed by atoms with van der Waals surface area (Å²) in [6.07, 6.45) is -2.31. The Morgan fingerprint density at radius 3 is 2.76 bits per heavy atom. The summed E-state index contributed by atoms with van der Waals surface area (Å²) in [7, 11) is 0. The van der Waals surface area contributed by atoms with Crippen molar-refractivity contribution in [2.75, 3.05) is 18.5 Å². The van der Waals surface area contributed by atoms with Crippen molar-refractivity contribution in [2.45, 2.75) is 66.6 Å². The smallest absolute Gasteiger partial charge is 0.416 e. The van der Waals surface area contributed by atoms with Crippen LogP contribution in [0.3, 0.4) is 0 Å². The fourth-order valence-corrected chi connectivity index (χ4v) is 5.67. The summed E-state index contributed by atoms with van der Waals surface area (Å²) in [6, 6.07) is 4.09. The van der Waals surface area contributed by atoms with Gasteiger partial charge in [-0.25, -0.2) is 9.48 Å². The number of nitrogens with zero attached hydrogens (tertiary/aromatic N) is 4. The predicted molar refractivity (Wildman–Crippen MR) is 110 cm³/mol. The molecule has 1 aliphatic carbocycles. The van der Waals surface area contributed by atoms with Crippen LogP contribution in [0.25, 0.3) is 0 Å². The molecule has 2 saturated heterocycles. The van der Waals surface area contributed by atoms with Gasteiger partial charge in [0.1, 0.15) is 18.2 Å². The molecule has 33 heavy (non-hydrogen) atoms. The molecule has 9 nitrogen and oxygen atoms in total. The van der Waals surface area contributed by atoms with Crippen LogP contribution in [0.1, 0.15) is 37.3 Å². The van der Waals surface area contributed by atoms with E-state index in [1.54, 1.807) is 16.4 Å². The van der Waals surface area contributed by atoms with Gasteiger partial charge in [-0.3, -0.25) is 5.32 Å². The minimum atomic E-state index is -4.51. The lowest BCUT2D eigenvalue weighted by atomic mass is 10.1. The lowest BCUT2D eigenvalue weighted by Gasteiger charge is -2.18. The number of halogens is 3. The van der Waals surface area contributed by atoms with Gasteiger partial charge in [0.25, 0.3) is 0 Å². The van der Waals surface area contributed by atoms with Gasteiger partial charge in [0.05, 0.1) is 18.8 Å². The molecular formula is C20H22F3N5O4S. The van der Waals surface area contributed by atoms with Crippen molar-refractivity contribution < 1.29 is 32.2 Å². The maximum atomic E-state index is 12.9. The molecule has 3 heterocycles. The fourth-order valence-electron chi connectivity index (χ4n) is 4.44. The molecule has 4 unspecified atom stereocenters. The van der Waals surface area contributed by atoms with E-state index >= 15 is 0 Å². The van der Waals surface area contributed by atoms with Crippen LogP contribution in [0.5, 0.6) is 0 Å². The van der Waals surface area contributed by atoms with E-state index in [9.17, 15) is 18.0 Å². The van der Waals surface area contributed by atoms with Crippen LogP contribution in [0.15, 0.2) is 29.4 Å². The first-order chi connectivity index (χ1) is 15.9. The number of ether oxygens (including phenoxy) is 3. The quantitative estimate of drug-likeness (QED) is 0.685. The van der Waals surface area contributed by atoms with E-state index in [0.29, 0.717) is 17.0 Å². The largest absolute Gasteiger partial charge is 0.441 e. The van der Waals surface area contributed by atoms with Crippen LogP contribution < -0.4 is 5.32 Å². The number of alkyl halides is 3. The molecule has 13 heteroatoms. The number of nitrogens with one attached hydrogen (secondary N) is 1. The van der Waals surface area contributed by atoms with Gasteiger partial charge >= 0.3 is 12.3 Å². The molecule has 4 atom stereocenters. The van der Waals surface area contributed by atoms with Crippen LogP contribution in [0.2, 0.25) is 0 Å². The second-order valence-corrected chi connectivity index (χ2v) is 9.51. The summed E-state index contributed by atoms with van der Waals surface area (Å²) in [6.45, 7) is 0.406. The molecule has 1 aromatic carbocycles. The van der Waals surface area contributed by atoms with Crippen LogP contribution in [0.4, 0.5) is 23.7 Å². The van der Waals surface area contributed by atoms with E-state index in [2.05, 4.69) is 20.8 Å². The first-order valence-electron chi connectivity index (χ1n) is 10.7. The zero-order valence-electron chi connectivity index (χ0n) is 17.4. The number of fused-ring (bicyclic) bond motifs is 1. The van der Waals surface area contributed by atoms with Gasteiger partial charge in [-0.2, -0.15) is 13.2 Å². The Balaban J connectivity index is 1.20. The number of thioether (sulfide) groups is 1. The number of amides is 1. The number of hydrogen-bond donors (Lipinski definition) is 1. The molecule has 0 radical (unpaired) electrons. The van der Waals surface area contributed by atoms with Crippen molar-refractivity contribution in [1.82, 2.24) is 20.2 Å². The Hall–Kier alpha value is -2.38. The van der Waals surface area contributed by atoms with Crippen molar-refractivity contribution in [2.24, 2.45) is 0 Å². The molecule has 1 N–H and O–H groups in total. The van der Waals surface area contributed by atoms with Crippen LogP contribution in [-0.2, 0) is 20.4 Å². The van der Waals surface area contributed by atoms with Crippen molar-refractivity contribution >= 4 is 23.5 Å². The Bertz CT molecular complexity index is 1000. The van der Waals surface area contributed by atoms with Crippen LogP contribution >= 0.6 is 11.8 Å². The Kier molecular flexibility index (Phi) is 6.18. The number of carbonyl (C=O) groups is 1.